The van der Waals surface area contributed by atoms with Crippen molar-refractivity contribution < 1.29 is 8.83 Å². The standard InChI is InChI=1S/C17H21N5O2S.HI/c1-4-18-17(20-9-15-21-11(2)12(3)24-15)19-8-13-10-23-16(22-13)14-6-5-7-25-14;/h5-7,10H,4,8-9H2,1-3H3,(H2,18,19,20);1H. The SMILES string of the molecule is CCNC(=NCc1coc(-c2cccs2)n1)NCc1nc(C)c(C)o1.I. The number of thiophene rings is 1. The van der Waals surface area contributed by atoms with Gasteiger partial charge in [0.2, 0.25) is 11.8 Å². The van der Waals surface area contributed by atoms with E-state index in [-0.39, 0.29) is 24.0 Å². The molecule has 9 heteroatoms. The van der Waals surface area contributed by atoms with Crippen LogP contribution >= 0.6 is 35.3 Å². The Balaban J connectivity index is 0.00000243. The molecule has 0 amide bonds. The maximum absolute atomic E-state index is 5.57. The minimum atomic E-state index is 0. The van der Waals surface area contributed by atoms with Crippen LogP contribution in [0.4, 0.5) is 0 Å². The molecule has 0 saturated carbocycles. The van der Waals surface area contributed by atoms with Gasteiger partial charge in [-0.25, -0.2) is 15.0 Å². The highest BCUT2D eigenvalue weighted by molar-refractivity contribution is 14.0. The van der Waals surface area contributed by atoms with E-state index in [0.29, 0.717) is 30.8 Å². The highest BCUT2D eigenvalue weighted by Crippen LogP contribution is 2.23. The lowest BCUT2D eigenvalue weighted by Crippen LogP contribution is -2.36. The highest BCUT2D eigenvalue weighted by Gasteiger charge is 2.09. The van der Waals surface area contributed by atoms with Gasteiger partial charge in [0.05, 0.1) is 23.7 Å². The molecule has 26 heavy (non-hydrogen) atoms. The summed E-state index contributed by atoms with van der Waals surface area (Å²) in [5.74, 6) is 2.78. The number of aromatic nitrogens is 2. The number of nitrogens with one attached hydrogen (secondary N) is 2. The Labute approximate surface area is 173 Å². The van der Waals surface area contributed by atoms with Crippen LogP contribution < -0.4 is 10.6 Å². The Morgan fingerprint density at radius 1 is 1.27 bits per heavy atom. The van der Waals surface area contributed by atoms with Crippen molar-refractivity contribution in [3.8, 4) is 10.8 Å². The van der Waals surface area contributed by atoms with Crippen molar-refractivity contribution in [2.24, 2.45) is 4.99 Å². The lowest BCUT2D eigenvalue weighted by atomic mass is 10.4. The molecule has 0 aliphatic rings. The van der Waals surface area contributed by atoms with Gasteiger partial charge in [-0.05, 0) is 32.2 Å². The lowest BCUT2D eigenvalue weighted by molar-refractivity contribution is 0.463. The molecule has 2 N–H and O–H groups in total. The molecule has 0 spiro atoms. The van der Waals surface area contributed by atoms with Crippen molar-refractivity contribution in [2.45, 2.75) is 33.9 Å². The Hall–Kier alpha value is -1.88. The lowest BCUT2D eigenvalue weighted by Gasteiger charge is -2.09. The number of guanidine groups is 1. The van der Waals surface area contributed by atoms with Gasteiger partial charge in [0.25, 0.3) is 0 Å². The summed E-state index contributed by atoms with van der Waals surface area (Å²) >= 11 is 1.60. The van der Waals surface area contributed by atoms with Gasteiger partial charge in [-0.15, -0.1) is 35.3 Å². The van der Waals surface area contributed by atoms with E-state index in [1.807, 2.05) is 38.3 Å². The molecule has 0 bridgehead atoms. The van der Waals surface area contributed by atoms with Crippen molar-refractivity contribution in [3.63, 3.8) is 0 Å². The summed E-state index contributed by atoms with van der Waals surface area (Å²) in [4.78, 5) is 14.4. The van der Waals surface area contributed by atoms with Gasteiger partial charge in [0.1, 0.15) is 17.7 Å². The summed E-state index contributed by atoms with van der Waals surface area (Å²) in [6, 6.07) is 3.96. The number of oxazole rings is 2. The van der Waals surface area contributed by atoms with E-state index in [1.165, 1.54) is 0 Å². The second-order valence-corrected chi connectivity index (χ2v) is 6.37. The van der Waals surface area contributed by atoms with Crippen LogP contribution in [0.2, 0.25) is 0 Å². The number of aryl methyl sites for hydroxylation is 2. The minimum absolute atomic E-state index is 0. The monoisotopic (exact) mass is 487 g/mol. The van der Waals surface area contributed by atoms with Gasteiger partial charge in [-0.1, -0.05) is 6.07 Å². The third kappa shape index (κ3) is 5.31. The van der Waals surface area contributed by atoms with E-state index in [4.69, 9.17) is 8.83 Å². The van der Waals surface area contributed by atoms with Crippen LogP contribution in [0.15, 0.2) is 37.6 Å². The van der Waals surface area contributed by atoms with Crippen molar-refractivity contribution in [1.29, 1.82) is 0 Å². The summed E-state index contributed by atoms with van der Waals surface area (Å²) in [5, 5.41) is 8.40. The van der Waals surface area contributed by atoms with Gasteiger partial charge < -0.3 is 19.5 Å². The topological polar surface area (TPSA) is 88.5 Å². The molecule has 3 heterocycles. The van der Waals surface area contributed by atoms with Crippen LogP contribution in [0, 0.1) is 13.8 Å². The quantitative estimate of drug-likeness (QED) is 0.312. The zero-order valence-electron chi connectivity index (χ0n) is 14.9. The van der Waals surface area contributed by atoms with E-state index < -0.39 is 0 Å². The first kappa shape index (κ1) is 20.4. The van der Waals surface area contributed by atoms with Gasteiger partial charge in [0.15, 0.2) is 5.96 Å². The molecule has 140 valence electrons. The van der Waals surface area contributed by atoms with Crippen LogP contribution in [-0.2, 0) is 13.1 Å². The maximum Gasteiger partial charge on any atom is 0.236 e. The number of hydrogen-bond donors (Lipinski definition) is 2. The van der Waals surface area contributed by atoms with E-state index in [9.17, 15) is 0 Å². The van der Waals surface area contributed by atoms with E-state index in [0.717, 1.165) is 28.6 Å². The summed E-state index contributed by atoms with van der Waals surface area (Å²) in [5.41, 5.74) is 1.69. The molecule has 0 aliphatic heterocycles. The molecule has 7 nitrogen and oxygen atoms in total. The molecule has 3 rings (SSSR count). The summed E-state index contributed by atoms with van der Waals surface area (Å²) < 4.78 is 11.1. The molecule has 3 aromatic rings. The van der Waals surface area contributed by atoms with Gasteiger partial charge in [0, 0.05) is 6.54 Å². The fraction of sp³-hybridized carbons (Fsp3) is 0.353. The first-order chi connectivity index (χ1) is 12.2. The Bertz CT molecular complexity index is 822. The van der Waals surface area contributed by atoms with Crippen molar-refractivity contribution in [3.05, 3.63) is 46.8 Å². The van der Waals surface area contributed by atoms with Gasteiger partial charge in [-0.3, -0.25) is 0 Å². The fourth-order valence-corrected chi connectivity index (χ4v) is 2.82. The second-order valence-electron chi connectivity index (χ2n) is 5.42. The Morgan fingerprint density at radius 2 is 2.12 bits per heavy atom. The molecule has 0 atom stereocenters. The predicted octanol–water partition coefficient (Wildman–Crippen LogP) is 3.88. The predicted molar refractivity (Wildman–Crippen MR) is 113 cm³/mol. The molecular formula is C17H22IN5O2S. The van der Waals surface area contributed by atoms with E-state index in [1.54, 1.807) is 17.6 Å². The fourth-order valence-electron chi connectivity index (χ4n) is 2.17. The Morgan fingerprint density at radius 3 is 2.77 bits per heavy atom. The molecular weight excluding hydrogens is 465 g/mol. The highest BCUT2D eigenvalue weighted by atomic mass is 127. The van der Waals surface area contributed by atoms with Crippen LogP contribution in [0.5, 0.6) is 0 Å². The molecule has 0 unspecified atom stereocenters. The molecule has 0 aliphatic carbocycles. The first-order valence-corrected chi connectivity index (χ1v) is 8.97. The van der Waals surface area contributed by atoms with Gasteiger partial charge >= 0.3 is 0 Å². The van der Waals surface area contributed by atoms with Crippen LogP contribution in [-0.4, -0.2) is 22.5 Å². The summed E-state index contributed by atoms with van der Waals surface area (Å²) in [7, 11) is 0. The molecule has 0 saturated heterocycles. The third-order valence-electron chi connectivity index (χ3n) is 3.51. The number of nitrogens with zero attached hydrogens (tertiary/aromatic N) is 3. The van der Waals surface area contributed by atoms with Gasteiger partial charge in [-0.2, -0.15) is 0 Å². The van der Waals surface area contributed by atoms with E-state index >= 15 is 0 Å². The van der Waals surface area contributed by atoms with Crippen molar-refractivity contribution in [2.75, 3.05) is 6.54 Å². The minimum Gasteiger partial charge on any atom is -0.444 e. The maximum atomic E-state index is 5.57. The number of aliphatic imine (C=N–C) groups is 1. The largest absolute Gasteiger partial charge is 0.444 e. The average molecular weight is 487 g/mol. The second kappa shape index (κ2) is 9.72. The van der Waals surface area contributed by atoms with Crippen LogP contribution in [0.25, 0.3) is 10.8 Å². The molecule has 0 radical (unpaired) electrons. The van der Waals surface area contributed by atoms with Crippen LogP contribution in [0.1, 0.15) is 30.0 Å². The molecule has 0 fully saturated rings. The smallest absolute Gasteiger partial charge is 0.236 e. The zero-order valence-corrected chi connectivity index (χ0v) is 18.1. The Kier molecular flexibility index (Phi) is 7.64. The normalized spacial score (nSPS) is 11.3. The molecule has 3 aromatic heterocycles. The number of rotatable bonds is 6. The summed E-state index contributed by atoms with van der Waals surface area (Å²) in [6.45, 7) is 7.50. The number of halogens is 1. The molecule has 0 aromatic carbocycles. The number of hydrogen-bond acceptors (Lipinski definition) is 6. The third-order valence-corrected chi connectivity index (χ3v) is 4.36. The van der Waals surface area contributed by atoms with Crippen molar-refractivity contribution >= 4 is 41.3 Å². The van der Waals surface area contributed by atoms with Crippen LogP contribution in [0.3, 0.4) is 0 Å². The zero-order chi connectivity index (χ0) is 17.6. The van der Waals surface area contributed by atoms with E-state index in [2.05, 4.69) is 25.6 Å². The first-order valence-electron chi connectivity index (χ1n) is 8.09. The summed E-state index contributed by atoms with van der Waals surface area (Å²) in [6.07, 6.45) is 1.64. The average Bonchev–Trinajstić information content (AvgIpc) is 3.32. The van der Waals surface area contributed by atoms with Crippen molar-refractivity contribution in [1.82, 2.24) is 20.6 Å².